The Kier molecular flexibility index (Phi) is 3.76. The van der Waals surface area contributed by atoms with Crippen LogP contribution in [0.25, 0.3) is 43.4 Å². The van der Waals surface area contributed by atoms with Crippen molar-refractivity contribution in [3.05, 3.63) is 83.9 Å². The van der Waals surface area contributed by atoms with Gasteiger partial charge in [-0.05, 0) is 81.4 Å². The number of fused-ring (bicyclic) bond motifs is 6. The van der Waals surface area contributed by atoms with E-state index in [1.54, 1.807) is 0 Å². The highest BCUT2D eigenvalue weighted by atomic mass is 16.3. The molecule has 0 spiro atoms. The van der Waals surface area contributed by atoms with Crippen LogP contribution in [0.4, 0.5) is 0 Å². The first-order valence-corrected chi connectivity index (χ1v) is 10.6. The fraction of sp³-hybridized carbons (Fsp3) is 0.143. The van der Waals surface area contributed by atoms with Gasteiger partial charge in [-0.15, -0.1) is 0 Å². The molecule has 30 heavy (non-hydrogen) atoms. The van der Waals surface area contributed by atoms with E-state index in [1.807, 2.05) is 36.4 Å². The van der Waals surface area contributed by atoms with Gasteiger partial charge in [-0.2, -0.15) is 0 Å². The van der Waals surface area contributed by atoms with Crippen LogP contribution in [0.1, 0.15) is 24.0 Å². The van der Waals surface area contributed by atoms with Crippen molar-refractivity contribution in [2.24, 2.45) is 0 Å². The minimum absolute atomic E-state index is 0.0429. The molecule has 146 valence electrons. The number of rotatable bonds is 1. The summed E-state index contributed by atoms with van der Waals surface area (Å²) in [6.45, 7) is 0. The molecule has 0 fully saturated rings. The van der Waals surface area contributed by atoms with E-state index in [9.17, 15) is 10.2 Å². The van der Waals surface area contributed by atoms with E-state index in [4.69, 9.17) is 0 Å². The van der Waals surface area contributed by atoms with Crippen LogP contribution in [-0.4, -0.2) is 10.2 Å². The molecule has 0 saturated carbocycles. The molecule has 0 atom stereocenters. The highest BCUT2D eigenvalue weighted by molar-refractivity contribution is 6.16. The lowest BCUT2D eigenvalue weighted by Crippen LogP contribution is -2.04. The van der Waals surface area contributed by atoms with Gasteiger partial charge in [0.15, 0.2) is 11.5 Å². The van der Waals surface area contributed by atoms with E-state index in [2.05, 4.69) is 36.4 Å². The number of aryl methyl sites for hydroxylation is 2. The van der Waals surface area contributed by atoms with Gasteiger partial charge in [0.05, 0.1) is 0 Å². The molecule has 2 nitrogen and oxygen atoms in total. The van der Waals surface area contributed by atoms with Gasteiger partial charge in [0.2, 0.25) is 0 Å². The summed E-state index contributed by atoms with van der Waals surface area (Å²) in [7, 11) is 0. The van der Waals surface area contributed by atoms with Crippen LogP contribution in [0.2, 0.25) is 0 Å². The fourth-order valence-electron chi connectivity index (χ4n) is 5.19. The summed E-state index contributed by atoms with van der Waals surface area (Å²) < 4.78 is 0. The van der Waals surface area contributed by atoms with Crippen LogP contribution in [0.5, 0.6) is 11.5 Å². The van der Waals surface area contributed by atoms with Gasteiger partial charge in [-0.3, -0.25) is 0 Å². The predicted octanol–water partition coefficient (Wildman–Crippen LogP) is 7.10. The first-order valence-electron chi connectivity index (χ1n) is 10.6. The Morgan fingerprint density at radius 2 is 1.23 bits per heavy atom. The highest BCUT2D eigenvalue weighted by Gasteiger charge is 2.21. The maximum atomic E-state index is 11.0. The Balaban J connectivity index is 1.80. The number of hydrogen-bond donors (Lipinski definition) is 2. The second-order valence-electron chi connectivity index (χ2n) is 8.32. The molecule has 2 N–H and O–H groups in total. The Morgan fingerprint density at radius 3 is 2.07 bits per heavy atom. The molecular weight excluding hydrogens is 368 g/mol. The lowest BCUT2D eigenvalue weighted by Gasteiger charge is -2.22. The number of aromatic hydroxyl groups is 2. The Hall–Kier alpha value is -3.52. The van der Waals surface area contributed by atoms with Gasteiger partial charge in [0, 0.05) is 10.9 Å². The third-order valence-corrected chi connectivity index (χ3v) is 6.64. The lowest BCUT2D eigenvalue weighted by molar-refractivity contribution is 0.409. The summed E-state index contributed by atoms with van der Waals surface area (Å²) in [5.74, 6) is -0.0899. The number of hydrogen-bond acceptors (Lipinski definition) is 2. The average molecular weight is 390 g/mol. The topological polar surface area (TPSA) is 40.5 Å². The van der Waals surface area contributed by atoms with Crippen molar-refractivity contribution in [2.45, 2.75) is 25.7 Å². The van der Waals surface area contributed by atoms with Crippen molar-refractivity contribution < 1.29 is 10.2 Å². The summed E-state index contributed by atoms with van der Waals surface area (Å²) in [5.41, 5.74) is 4.50. The Bertz CT molecular complexity index is 1460. The zero-order chi connectivity index (χ0) is 20.2. The molecule has 0 saturated heterocycles. The van der Waals surface area contributed by atoms with Crippen LogP contribution in [0, 0.1) is 0 Å². The van der Waals surface area contributed by atoms with E-state index in [-0.39, 0.29) is 11.5 Å². The quantitative estimate of drug-likeness (QED) is 0.237. The SMILES string of the molecule is Oc1c(-c2cc3ccccc3c3ccc4c(c23)CCCC4)cc2ccccc2c1O. The van der Waals surface area contributed by atoms with Crippen LogP contribution < -0.4 is 0 Å². The summed E-state index contributed by atoms with van der Waals surface area (Å²) in [6.07, 6.45) is 4.57. The summed E-state index contributed by atoms with van der Waals surface area (Å²) in [5, 5.41) is 28.2. The second kappa shape index (κ2) is 6.50. The zero-order valence-corrected chi connectivity index (χ0v) is 16.7. The maximum absolute atomic E-state index is 11.0. The molecule has 0 bridgehead atoms. The van der Waals surface area contributed by atoms with Gasteiger partial charge < -0.3 is 10.2 Å². The van der Waals surface area contributed by atoms with Crippen molar-refractivity contribution in [2.75, 3.05) is 0 Å². The summed E-state index contributed by atoms with van der Waals surface area (Å²) in [4.78, 5) is 0. The van der Waals surface area contributed by atoms with E-state index < -0.39 is 0 Å². The average Bonchev–Trinajstić information content (AvgIpc) is 2.80. The van der Waals surface area contributed by atoms with E-state index >= 15 is 0 Å². The molecule has 1 aliphatic rings. The Morgan fingerprint density at radius 1 is 0.567 bits per heavy atom. The van der Waals surface area contributed by atoms with Crippen molar-refractivity contribution in [1.29, 1.82) is 0 Å². The fourth-order valence-corrected chi connectivity index (χ4v) is 5.19. The normalized spacial score (nSPS) is 13.7. The molecule has 1 aliphatic carbocycles. The molecule has 6 rings (SSSR count). The van der Waals surface area contributed by atoms with E-state index in [0.717, 1.165) is 29.2 Å². The monoisotopic (exact) mass is 390 g/mol. The molecular formula is C28H22O2. The van der Waals surface area contributed by atoms with E-state index in [1.165, 1.54) is 40.1 Å². The summed E-state index contributed by atoms with van der Waals surface area (Å²) >= 11 is 0. The summed E-state index contributed by atoms with van der Waals surface area (Å²) in [6, 6.07) is 24.8. The van der Waals surface area contributed by atoms with Crippen molar-refractivity contribution in [1.82, 2.24) is 0 Å². The lowest BCUT2D eigenvalue weighted by atomic mass is 9.82. The van der Waals surface area contributed by atoms with Crippen LogP contribution in [-0.2, 0) is 12.8 Å². The molecule has 0 amide bonds. The minimum Gasteiger partial charge on any atom is -0.504 e. The van der Waals surface area contributed by atoms with Crippen molar-refractivity contribution in [3.63, 3.8) is 0 Å². The Labute approximate surface area is 175 Å². The molecule has 5 aromatic rings. The number of phenols is 2. The van der Waals surface area contributed by atoms with Crippen molar-refractivity contribution >= 4 is 32.3 Å². The number of benzene rings is 5. The molecule has 5 aromatic carbocycles. The largest absolute Gasteiger partial charge is 0.504 e. The smallest absolute Gasteiger partial charge is 0.166 e. The van der Waals surface area contributed by atoms with Crippen LogP contribution in [0.3, 0.4) is 0 Å². The van der Waals surface area contributed by atoms with Gasteiger partial charge in [-0.25, -0.2) is 0 Å². The van der Waals surface area contributed by atoms with Crippen molar-refractivity contribution in [3.8, 4) is 22.6 Å². The van der Waals surface area contributed by atoms with E-state index in [0.29, 0.717) is 10.9 Å². The molecule has 0 aromatic heterocycles. The first kappa shape index (κ1) is 17.3. The molecule has 0 heterocycles. The van der Waals surface area contributed by atoms with Crippen LogP contribution >= 0.6 is 0 Å². The van der Waals surface area contributed by atoms with Crippen LogP contribution in [0.15, 0.2) is 72.8 Å². The molecule has 0 radical (unpaired) electrons. The second-order valence-corrected chi connectivity index (χ2v) is 8.32. The third kappa shape index (κ3) is 2.43. The minimum atomic E-state index is -0.0470. The maximum Gasteiger partial charge on any atom is 0.166 e. The van der Waals surface area contributed by atoms with Gasteiger partial charge in [0.25, 0.3) is 0 Å². The van der Waals surface area contributed by atoms with Gasteiger partial charge in [0.1, 0.15) is 0 Å². The molecule has 2 heteroatoms. The number of phenolic OH excluding ortho intramolecular Hbond substituents is 2. The van der Waals surface area contributed by atoms with Gasteiger partial charge >= 0.3 is 0 Å². The highest BCUT2D eigenvalue weighted by Crippen LogP contribution is 2.47. The third-order valence-electron chi connectivity index (χ3n) is 6.64. The predicted molar refractivity (Wildman–Crippen MR) is 124 cm³/mol. The first-order chi connectivity index (χ1) is 14.7. The standard InChI is InChI=1S/C28H22O2/c29-27-22-12-6-3-9-19(22)16-25(28(27)30)24-15-18-8-2-4-10-20(18)23-14-13-17-7-1-5-11-21(17)26(23)24/h2-4,6,8-10,12-16,29-30H,1,5,7,11H2. The molecule has 0 aliphatic heterocycles. The zero-order valence-electron chi connectivity index (χ0n) is 16.7. The molecule has 0 unspecified atom stereocenters. The van der Waals surface area contributed by atoms with Gasteiger partial charge in [-0.1, -0.05) is 60.7 Å².